The van der Waals surface area contributed by atoms with Crippen LogP contribution in [0.4, 0.5) is 5.13 Å². The van der Waals surface area contributed by atoms with Crippen LogP contribution < -0.4 is 26.8 Å². The molecule has 30 heavy (non-hydrogen) atoms. The van der Waals surface area contributed by atoms with Crippen LogP contribution in [-0.2, 0) is 11.2 Å². The number of aliphatic hydroxyl groups is 1. The maximum absolute atomic E-state index is 12.3. The summed E-state index contributed by atoms with van der Waals surface area (Å²) in [7, 11) is 3.27. The van der Waals surface area contributed by atoms with Crippen molar-refractivity contribution in [3.8, 4) is 5.75 Å². The summed E-state index contributed by atoms with van der Waals surface area (Å²) in [5.41, 5.74) is 12.8. The van der Waals surface area contributed by atoms with Crippen LogP contribution in [0.1, 0.15) is 35.9 Å². The lowest BCUT2D eigenvalue weighted by molar-refractivity contribution is -0.124. The number of unbranched alkanes of at least 4 members (excludes halogenated alkanes) is 1. The number of methoxy groups -OCH3 is 1. The second-order valence-electron chi connectivity index (χ2n) is 6.49. The minimum Gasteiger partial charge on any atom is -0.497 e. The molecule has 9 nitrogen and oxygen atoms in total. The van der Waals surface area contributed by atoms with Crippen molar-refractivity contribution >= 4 is 22.4 Å². The zero-order chi connectivity index (χ0) is 21.9. The van der Waals surface area contributed by atoms with Crippen LogP contribution >= 0.6 is 11.3 Å². The van der Waals surface area contributed by atoms with Crippen molar-refractivity contribution in [2.24, 2.45) is 11.5 Å². The fraction of sp³-hybridized carbons (Fsp3) is 0.350. The van der Waals surface area contributed by atoms with Crippen LogP contribution in [0.5, 0.6) is 5.75 Å². The SMILES string of the molecule is CN/C(N)=C/C=C(\N)CCCCc1nnc(NC(=O)C(O)c2cccc(OC)c2)s1. The average molecular weight is 433 g/mol. The van der Waals surface area contributed by atoms with Crippen molar-refractivity contribution in [1.29, 1.82) is 0 Å². The van der Waals surface area contributed by atoms with Crippen LogP contribution in [0.15, 0.2) is 47.9 Å². The highest BCUT2D eigenvalue weighted by Gasteiger charge is 2.19. The number of rotatable bonds is 11. The Hall–Kier alpha value is -3.11. The van der Waals surface area contributed by atoms with E-state index in [0.29, 0.717) is 22.3 Å². The minimum absolute atomic E-state index is 0.351. The molecule has 1 aromatic heterocycles. The molecule has 162 valence electrons. The Labute approximate surface area is 179 Å². The van der Waals surface area contributed by atoms with E-state index in [-0.39, 0.29) is 0 Å². The zero-order valence-electron chi connectivity index (χ0n) is 17.1. The molecule has 2 rings (SSSR count). The molecule has 0 aliphatic heterocycles. The number of anilines is 1. The topological polar surface area (TPSA) is 148 Å². The van der Waals surface area contributed by atoms with E-state index in [1.165, 1.54) is 18.4 Å². The van der Waals surface area contributed by atoms with Gasteiger partial charge >= 0.3 is 0 Å². The summed E-state index contributed by atoms with van der Waals surface area (Å²) in [4.78, 5) is 12.3. The number of hydrogen-bond acceptors (Lipinski definition) is 9. The molecule has 0 saturated heterocycles. The third-order valence-corrected chi connectivity index (χ3v) is 5.13. The van der Waals surface area contributed by atoms with Gasteiger partial charge in [0.15, 0.2) is 6.10 Å². The fourth-order valence-corrected chi connectivity index (χ4v) is 3.30. The lowest BCUT2D eigenvalue weighted by atomic mass is 10.1. The Bertz CT molecular complexity index is 896. The van der Waals surface area contributed by atoms with Crippen molar-refractivity contribution in [3.05, 3.63) is 58.5 Å². The monoisotopic (exact) mass is 432 g/mol. The Morgan fingerprint density at radius 1 is 1.30 bits per heavy atom. The first-order valence-corrected chi connectivity index (χ1v) is 10.3. The molecule has 1 atom stereocenters. The molecule has 0 aliphatic carbocycles. The number of ether oxygens (including phenoxy) is 1. The van der Waals surface area contributed by atoms with Crippen molar-refractivity contribution in [1.82, 2.24) is 15.5 Å². The Morgan fingerprint density at radius 2 is 2.10 bits per heavy atom. The van der Waals surface area contributed by atoms with Gasteiger partial charge < -0.3 is 26.6 Å². The molecule has 7 N–H and O–H groups in total. The smallest absolute Gasteiger partial charge is 0.259 e. The van der Waals surface area contributed by atoms with E-state index in [1.807, 2.05) is 0 Å². The van der Waals surface area contributed by atoms with E-state index in [0.717, 1.165) is 36.4 Å². The highest BCUT2D eigenvalue weighted by atomic mass is 32.1. The standard InChI is InChI=1S/C20H28N6O3S/c1-23-16(22)11-10-14(21)7-3-4-9-17-25-26-20(30-17)24-19(28)18(27)13-6-5-8-15(12-13)29-2/h5-6,8,10-12,18,23,27H,3-4,7,9,21-22H2,1-2H3,(H,24,26,28)/b14-10-,16-11+. The molecule has 0 bridgehead atoms. The van der Waals surface area contributed by atoms with Gasteiger partial charge in [-0.3, -0.25) is 10.1 Å². The quantitative estimate of drug-likeness (QED) is 0.267. The van der Waals surface area contributed by atoms with E-state index >= 15 is 0 Å². The van der Waals surface area contributed by atoms with Gasteiger partial charge in [-0.25, -0.2) is 0 Å². The van der Waals surface area contributed by atoms with E-state index in [9.17, 15) is 9.90 Å². The lowest BCUT2D eigenvalue weighted by Gasteiger charge is -2.11. The number of aryl methyl sites for hydroxylation is 1. The summed E-state index contributed by atoms with van der Waals surface area (Å²) >= 11 is 1.29. The van der Waals surface area contributed by atoms with Crippen LogP contribution in [0.3, 0.4) is 0 Å². The summed E-state index contributed by atoms with van der Waals surface area (Å²) < 4.78 is 5.11. The first-order valence-electron chi connectivity index (χ1n) is 9.47. The molecule has 0 saturated carbocycles. The number of amides is 1. The van der Waals surface area contributed by atoms with Gasteiger partial charge in [-0.15, -0.1) is 10.2 Å². The zero-order valence-corrected chi connectivity index (χ0v) is 17.9. The molecule has 2 aromatic rings. The summed E-state index contributed by atoms with van der Waals surface area (Å²) in [6.07, 6.45) is 5.46. The van der Waals surface area contributed by atoms with Gasteiger partial charge in [-0.05, 0) is 49.1 Å². The Balaban J connectivity index is 1.80. The number of carbonyl (C=O) groups is 1. The first kappa shape index (κ1) is 23.2. The number of nitrogens with one attached hydrogen (secondary N) is 2. The Kier molecular flexibility index (Phi) is 9.10. The van der Waals surface area contributed by atoms with Crippen molar-refractivity contribution < 1.29 is 14.6 Å². The van der Waals surface area contributed by atoms with Gasteiger partial charge in [0, 0.05) is 19.2 Å². The fourth-order valence-electron chi connectivity index (χ4n) is 2.51. The predicted octanol–water partition coefficient (Wildman–Crippen LogP) is 1.79. The number of allylic oxidation sites excluding steroid dienone is 3. The van der Waals surface area contributed by atoms with Crippen molar-refractivity contribution in [2.75, 3.05) is 19.5 Å². The van der Waals surface area contributed by atoms with E-state index in [1.54, 1.807) is 43.5 Å². The molecule has 0 spiro atoms. The molecule has 10 heteroatoms. The summed E-state index contributed by atoms with van der Waals surface area (Å²) in [5.74, 6) is 0.547. The lowest BCUT2D eigenvalue weighted by Crippen LogP contribution is -2.20. The summed E-state index contributed by atoms with van der Waals surface area (Å²) in [6, 6.07) is 6.71. The highest BCUT2D eigenvalue weighted by Crippen LogP contribution is 2.22. The van der Waals surface area contributed by atoms with Crippen molar-refractivity contribution in [2.45, 2.75) is 31.8 Å². The molecule has 1 unspecified atom stereocenters. The number of carbonyl (C=O) groups excluding carboxylic acids is 1. The van der Waals surface area contributed by atoms with Gasteiger partial charge in [0.05, 0.1) is 12.9 Å². The number of benzene rings is 1. The first-order chi connectivity index (χ1) is 14.4. The third-order valence-electron chi connectivity index (χ3n) is 4.23. The van der Waals surface area contributed by atoms with Gasteiger partial charge in [0.2, 0.25) is 5.13 Å². The number of aliphatic hydroxyl groups excluding tert-OH is 1. The second-order valence-corrected chi connectivity index (χ2v) is 7.55. The molecular weight excluding hydrogens is 404 g/mol. The molecular formula is C20H28N6O3S. The van der Waals surface area contributed by atoms with Gasteiger partial charge in [0.25, 0.3) is 5.91 Å². The van der Waals surface area contributed by atoms with Gasteiger partial charge in [-0.2, -0.15) is 0 Å². The molecule has 1 heterocycles. The molecule has 0 aliphatic rings. The number of nitrogens with two attached hydrogens (primary N) is 2. The van der Waals surface area contributed by atoms with Crippen LogP contribution in [-0.4, -0.2) is 35.4 Å². The summed E-state index contributed by atoms with van der Waals surface area (Å²) in [6.45, 7) is 0. The highest BCUT2D eigenvalue weighted by molar-refractivity contribution is 7.15. The maximum atomic E-state index is 12.3. The normalized spacial score (nSPS) is 13.0. The van der Waals surface area contributed by atoms with E-state index < -0.39 is 12.0 Å². The molecule has 1 aromatic carbocycles. The van der Waals surface area contributed by atoms with Gasteiger partial charge in [-0.1, -0.05) is 23.5 Å². The van der Waals surface area contributed by atoms with Crippen LogP contribution in [0.25, 0.3) is 0 Å². The maximum Gasteiger partial charge on any atom is 0.259 e. The molecule has 0 radical (unpaired) electrons. The van der Waals surface area contributed by atoms with E-state index in [4.69, 9.17) is 16.2 Å². The van der Waals surface area contributed by atoms with Crippen molar-refractivity contribution in [3.63, 3.8) is 0 Å². The average Bonchev–Trinajstić information content (AvgIpc) is 3.21. The predicted molar refractivity (Wildman–Crippen MR) is 118 cm³/mol. The molecule has 0 fully saturated rings. The largest absolute Gasteiger partial charge is 0.497 e. The Morgan fingerprint density at radius 3 is 2.83 bits per heavy atom. The third kappa shape index (κ3) is 7.37. The number of nitrogens with zero attached hydrogens (tertiary/aromatic N) is 2. The minimum atomic E-state index is -1.33. The molecule has 1 amide bonds. The number of hydrogen-bond donors (Lipinski definition) is 5. The summed E-state index contributed by atoms with van der Waals surface area (Å²) in [5, 5.41) is 24.9. The van der Waals surface area contributed by atoms with Crippen LogP contribution in [0.2, 0.25) is 0 Å². The number of aromatic nitrogens is 2. The van der Waals surface area contributed by atoms with Crippen LogP contribution in [0, 0.1) is 0 Å². The second kappa shape index (κ2) is 11.8. The van der Waals surface area contributed by atoms with Gasteiger partial charge in [0.1, 0.15) is 10.8 Å². The van der Waals surface area contributed by atoms with E-state index in [2.05, 4.69) is 20.8 Å².